The second-order valence-corrected chi connectivity index (χ2v) is 5.42. The number of fused-ring (bicyclic) bond motifs is 1. The molecule has 0 spiro atoms. The predicted molar refractivity (Wildman–Crippen MR) is 90.5 cm³/mol. The standard InChI is InChI=1S/C18H18N2O5/c1-23-17(21)11-20(10-13-5-3-2-4-6-13)18(22)19-14-7-8-15-16(9-14)25-12-24-15/h2-9H,10-12H2,1H3,(H,19,22). The number of urea groups is 1. The third-order valence-corrected chi connectivity index (χ3v) is 3.67. The van der Waals surface area contributed by atoms with E-state index in [1.165, 1.54) is 12.0 Å². The maximum atomic E-state index is 12.6. The summed E-state index contributed by atoms with van der Waals surface area (Å²) in [5.74, 6) is 0.714. The number of amides is 2. The number of esters is 1. The number of nitrogens with one attached hydrogen (secondary N) is 1. The molecule has 1 aliphatic heterocycles. The van der Waals surface area contributed by atoms with Crippen LogP contribution in [0.25, 0.3) is 0 Å². The van der Waals surface area contributed by atoms with Crippen molar-refractivity contribution in [2.45, 2.75) is 6.54 Å². The van der Waals surface area contributed by atoms with Crippen molar-refractivity contribution < 1.29 is 23.8 Å². The molecule has 1 N–H and O–H groups in total. The number of nitrogens with zero attached hydrogens (tertiary/aromatic N) is 1. The zero-order valence-electron chi connectivity index (χ0n) is 13.7. The van der Waals surface area contributed by atoms with Crippen LogP contribution in [0.2, 0.25) is 0 Å². The molecule has 0 bridgehead atoms. The Morgan fingerprint density at radius 3 is 2.64 bits per heavy atom. The Bertz CT molecular complexity index is 763. The van der Waals surface area contributed by atoms with E-state index in [4.69, 9.17) is 9.47 Å². The van der Waals surface area contributed by atoms with Gasteiger partial charge in [-0.1, -0.05) is 30.3 Å². The molecule has 2 aromatic carbocycles. The van der Waals surface area contributed by atoms with Gasteiger partial charge in [0.25, 0.3) is 0 Å². The summed E-state index contributed by atoms with van der Waals surface area (Å²) in [7, 11) is 1.29. The lowest BCUT2D eigenvalue weighted by atomic mass is 10.2. The quantitative estimate of drug-likeness (QED) is 0.845. The number of anilines is 1. The van der Waals surface area contributed by atoms with Gasteiger partial charge in [-0.2, -0.15) is 0 Å². The third-order valence-electron chi connectivity index (χ3n) is 3.67. The molecular weight excluding hydrogens is 324 g/mol. The first-order valence-electron chi connectivity index (χ1n) is 7.72. The molecular formula is C18H18N2O5. The van der Waals surface area contributed by atoms with Crippen molar-refractivity contribution in [3.8, 4) is 11.5 Å². The van der Waals surface area contributed by atoms with E-state index >= 15 is 0 Å². The van der Waals surface area contributed by atoms with Gasteiger partial charge < -0.3 is 24.4 Å². The van der Waals surface area contributed by atoms with Gasteiger partial charge in [0, 0.05) is 18.3 Å². The van der Waals surface area contributed by atoms with Crippen LogP contribution in [-0.4, -0.2) is 37.3 Å². The van der Waals surface area contributed by atoms with Crippen molar-refractivity contribution in [2.24, 2.45) is 0 Å². The van der Waals surface area contributed by atoms with Crippen molar-refractivity contribution >= 4 is 17.7 Å². The molecule has 7 nitrogen and oxygen atoms in total. The van der Waals surface area contributed by atoms with Crippen molar-refractivity contribution in [3.05, 3.63) is 54.1 Å². The number of benzene rings is 2. The van der Waals surface area contributed by atoms with Crippen molar-refractivity contribution in [1.29, 1.82) is 0 Å². The first-order chi connectivity index (χ1) is 12.2. The minimum absolute atomic E-state index is 0.151. The highest BCUT2D eigenvalue weighted by Crippen LogP contribution is 2.34. The van der Waals surface area contributed by atoms with Gasteiger partial charge in [-0.15, -0.1) is 0 Å². The van der Waals surface area contributed by atoms with E-state index in [1.807, 2.05) is 30.3 Å². The van der Waals surface area contributed by atoms with Gasteiger partial charge in [0.2, 0.25) is 6.79 Å². The highest BCUT2D eigenvalue weighted by molar-refractivity contribution is 5.91. The summed E-state index contributed by atoms with van der Waals surface area (Å²) in [6.07, 6.45) is 0. The zero-order valence-corrected chi connectivity index (χ0v) is 13.7. The number of carbonyl (C=O) groups is 2. The normalized spacial score (nSPS) is 11.7. The molecule has 7 heteroatoms. The van der Waals surface area contributed by atoms with Crippen molar-refractivity contribution in [1.82, 2.24) is 4.90 Å². The Morgan fingerprint density at radius 2 is 1.88 bits per heavy atom. The van der Waals surface area contributed by atoms with E-state index < -0.39 is 12.0 Å². The van der Waals surface area contributed by atoms with Crippen LogP contribution >= 0.6 is 0 Å². The number of ether oxygens (including phenoxy) is 3. The second-order valence-electron chi connectivity index (χ2n) is 5.42. The van der Waals surface area contributed by atoms with Gasteiger partial charge in [-0.3, -0.25) is 4.79 Å². The first-order valence-corrected chi connectivity index (χ1v) is 7.72. The van der Waals surface area contributed by atoms with E-state index in [2.05, 4.69) is 10.1 Å². The minimum Gasteiger partial charge on any atom is -0.468 e. The molecule has 0 fully saturated rings. The van der Waals surface area contributed by atoms with E-state index in [-0.39, 0.29) is 19.9 Å². The lowest BCUT2D eigenvalue weighted by Gasteiger charge is -2.22. The van der Waals surface area contributed by atoms with Gasteiger partial charge in [0.15, 0.2) is 11.5 Å². The molecule has 2 amide bonds. The average molecular weight is 342 g/mol. The molecule has 2 aromatic rings. The SMILES string of the molecule is COC(=O)CN(Cc1ccccc1)C(=O)Nc1ccc2c(c1)OCO2. The number of hydrogen-bond acceptors (Lipinski definition) is 5. The Kier molecular flexibility index (Phi) is 5.03. The molecule has 0 saturated carbocycles. The Labute approximate surface area is 145 Å². The van der Waals surface area contributed by atoms with Crippen LogP contribution in [0.4, 0.5) is 10.5 Å². The van der Waals surface area contributed by atoms with Crippen LogP contribution in [-0.2, 0) is 16.1 Å². The second kappa shape index (κ2) is 7.57. The number of methoxy groups -OCH3 is 1. The van der Waals surface area contributed by atoms with E-state index in [0.717, 1.165) is 5.56 Å². The van der Waals surface area contributed by atoms with Crippen LogP contribution in [0.3, 0.4) is 0 Å². The topological polar surface area (TPSA) is 77.1 Å². The molecule has 25 heavy (non-hydrogen) atoms. The summed E-state index contributed by atoms with van der Waals surface area (Å²) in [4.78, 5) is 25.6. The van der Waals surface area contributed by atoms with Crippen LogP contribution in [0.5, 0.6) is 11.5 Å². The van der Waals surface area contributed by atoms with Gasteiger partial charge in [0.05, 0.1) is 7.11 Å². The smallest absolute Gasteiger partial charge is 0.325 e. The maximum absolute atomic E-state index is 12.6. The predicted octanol–water partition coefficient (Wildman–Crippen LogP) is 2.62. The zero-order chi connectivity index (χ0) is 17.6. The molecule has 130 valence electrons. The Hall–Kier alpha value is -3.22. The molecule has 0 unspecified atom stereocenters. The highest BCUT2D eigenvalue weighted by Gasteiger charge is 2.20. The van der Waals surface area contributed by atoms with E-state index in [0.29, 0.717) is 17.2 Å². The summed E-state index contributed by atoms with van der Waals surface area (Å²) in [6, 6.07) is 14.1. The summed E-state index contributed by atoms with van der Waals surface area (Å²) < 4.78 is 15.2. The van der Waals surface area contributed by atoms with E-state index in [9.17, 15) is 9.59 Å². The Balaban J connectivity index is 1.72. The van der Waals surface area contributed by atoms with Gasteiger partial charge >= 0.3 is 12.0 Å². The summed E-state index contributed by atoms with van der Waals surface area (Å²) in [5, 5.41) is 2.77. The lowest BCUT2D eigenvalue weighted by Crippen LogP contribution is -2.38. The van der Waals surface area contributed by atoms with Crippen LogP contribution in [0.15, 0.2) is 48.5 Å². The average Bonchev–Trinajstić information content (AvgIpc) is 3.09. The van der Waals surface area contributed by atoms with E-state index in [1.54, 1.807) is 18.2 Å². The Morgan fingerprint density at radius 1 is 1.12 bits per heavy atom. The van der Waals surface area contributed by atoms with Crippen LogP contribution in [0.1, 0.15) is 5.56 Å². The molecule has 0 aliphatic carbocycles. The molecule has 0 aromatic heterocycles. The summed E-state index contributed by atoms with van der Waals surface area (Å²) in [5.41, 5.74) is 1.46. The maximum Gasteiger partial charge on any atom is 0.325 e. The van der Waals surface area contributed by atoms with Crippen molar-refractivity contribution in [2.75, 3.05) is 25.8 Å². The fraction of sp³-hybridized carbons (Fsp3) is 0.222. The monoisotopic (exact) mass is 342 g/mol. The summed E-state index contributed by atoms with van der Waals surface area (Å²) >= 11 is 0. The van der Waals surface area contributed by atoms with Crippen molar-refractivity contribution in [3.63, 3.8) is 0 Å². The van der Waals surface area contributed by atoms with Crippen LogP contribution < -0.4 is 14.8 Å². The number of carbonyl (C=O) groups excluding carboxylic acids is 2. The molecule has 1 heterocycles. The van der Waals surface area contributed by atoms with Gasteiger partial charge in [-0.05, 0) is 17.7 Å². The minimum atomic E-state index is -0.489. The highest BCUT2D eigenvalue weighted by atomic mass is 16.7. The lowest BCUT2D eigenvalue weighted by molar-refractivity contribution is -0.141. The number of rotatable bonds is 5. The van der Waals surface area contributed by atoms with Crippen LogP contribution in [0, 0.1) is 0 Å². The summed E-state index contributed by atoms with van der Waals surface area (Å²) in [6.45, 7) is 0.295. The molecule has 0 saturated heterocycles. The fourth-order valence-electron chi connectivity index (χ4n) is 2.40. The largest absolute Gasteiger partial charge is 0.468 e. The third kappa shape index (κ3) is 4.20. The fourth-order valence-corrected chi connectivity index (χ4v) is 2.40. The van der Waals surface area contributed by atoms with Gasteiger partial charge in [0.1, 0.15) is 6.54 Å². The number of hydrogen-bond donors (Lipinski definition) is 1. The molecule has 0 atom stereocenters. The molecule has 0 radical (unpaired) electrons. The molecule has 1 aliphatic rings. The van der Waals surface area contributed by atoms with Gasteiger partial charge in [-0.25, -0.2) is 4.79 Å². The molecule has 3 rings (SSSR count). The first kappa shape index (κ1) is 16.6.